The van der Waals surface area contributed by atoms with Gasteiger partial charge in [-0.15, -0.1) is 0 Å². The number of nitrogens with zero attached hydrogens (tertiary/aromatic N) is 1. The van der Waals surface area contributed by atoms with Crippen molar-refractivity contribution >= 4 is 29.1 Å². The van der Waals surface area contributed by atoms with Gasteiger partial charge in [-0.1, -0.05) is 55.6 Å². The molecule has 0 saturated carbocycles. The van der Waals surface area contributed by atoms with Gasteiger partial charge in [0.05, 0.1) is 18.2 Å². The Bertz CT molecular complexity index is 952. The van der Waals surface area contributed by atoms with E-state index in [2.05, 4.69) is 6.92 Å². The average molecular weight is 428 g/mol. The minimum absolute atomic E-state index is 0.0860. The Balaban J connectivity index is 2.09. The molecule has 6 heteroatoms. The van der Waals surface area contributed by atoms with Gasteiger partial charge in [0.1, 0.15) is 11.5 Å². The van der Waals surface area contributed by atoms with E-state index in [4.69, 9.17) is 16.3 Å². The third-order valence-electron chi connectivity index (χ3n) is 5.15. The van der Waals surface area contributed by atoms with Crippen molar-refractivity contribution < 1.29 is 19.4 Å². The minimum atomic E-state index is -0.678. The summed E-state index contributed by atoms with van der Waals surface area (Å²) in [7, 11) is 0. The van der Waals surface area contributed by atoms with Gasteiger partial charge in [-0.25, -0.2) is 0 Å². The van der Waals surface area contributed by atoms with Crippen molar-refractivity contribution in [2.24, 2.45) is 0 Å². The van der Waals surface area contributed by atoms with E-state index >= 15 is 0 Å². The lowest BCUT2D eigenvalue weighted by Gasteiger charge is -2.25. The summed E-state index contributed by atoms with van der Waals surface area (Å²) in [5, 5.41) is 11.4. The fourth-order valence-corrected chi connectivity index (χ4v) is 3.88. The number of hydrogen-bond acceptors (Lipinski definition) is 4. The van der Waals surface area contributed by atoms with Gasteiger partial charge in [-0.05, 0) is 43.2 Å². The molecule has 1 aliphatic rings. The second kappa shape index (κ2) is 9.81. The molecule has 2 aromatic carbocycles. The number of benzene rings is 2. The van der Waals surface area contributed by atoms with Crippen LogP contribution in [0.3, 0.4) is 0 Å². The molecule has 0 aromatic heterocycles. The van der Waals surface area contributed by atoms with Crippen molar-refractivity contribution in [3.05, 3.63) is 70.3 Å². The highest BCUT2D eigenvalue weighted by molar-refractivity contribution is 6.46. The van der Waals surface area contributed by atoms with Gasteiger partial charge in [0.2, 0.25) is 0 Å². The molecule has 1 N–H and O–H groups in total. The fraction of sp³-hybridized carbons (Fsp3) is 0.333. The Morgan fingerprint density at radius 3 is 2.47 bits per heavy atom. The molecule has 3 rings (SSSR count). The summed E-state index contributed by atoms with van der Waals surface area (Å²) in [5.74, 6) is -0.775. The van der Waals surface area contributed by atoms with E-state index in [0.29, 0.717) is 29.5 Å². The standard InChI is InChI=1S/C24H26ClNO4/c1-3-5-6-14-26-21(16-10-12-19(13-11-16)30-4-2)20(23(28)24(26)29)22(27)17-8-7-9-18(25)15-17/h7-13,15,21,27H,3-6,14H2,1-2H3/b22-20-. The third-order valence-corrected chi connectivity index (χ3v) is 5.38. The van der Waals surface area contributed by atoms with Gasteiger partial charge in [-0.2, -0.15) is 0 Å². The Hall–Kier alpha value is -2.79. The van der Waals surface area contributed by atoms with E-state index in [9.17, 15) is 14.7 Å². The van der Waals surface area contributed by atoms with Crippen molar-refractivity contribution in [1.29, 1.82) is 0 Å². The van der Waals surface area contributed by atoms with Crippen molar-refractivity contribution in [2.75, 3.05) is 13.2 Å². The zero-order chi connectivity index (χ0) is 21.7. The zero-order valence-corrected chi connectivity index (χ0v) is 18.0. The first kappa shape index (κ1) is 21.9. The maximum atomic E-state index is 12.9. The van der Waals surface area contributed by atoms with E-state index in [1.54, 1.807) is 29.2 Å². The number of rotatable bonds is 8. The number of amides is 1. The van der Waals surface area contributed by atoms with Crippen LogP contribution in [0.15, 0.2) is 54.1 Å². The highest BCUT2D eigenvalue weighted by atomic mass is 35.5. The number of Topliss-reactive ketones (excluding diaryl/α,β-unsaturated/α-hetero) is 1. The Kier molecular flexibility index (Phi) is 7.16. The predicted octanol–water partition coefficient (Wildman–Crippen LogP) is 5.35. The van der Waals surface area contributed by atoms with Gasteiger partial charge >= 0.3 is 0 Å². The second-order valence-corrected chi connectivity index (χ2v) is 7.65. The van der Waals surface area contributed by atoms with Crippen LogP contribution in [0.4, 0.5) is 0 Å². The number of halogens is 1. The molecule has 1 aliphatic heterocycles. The lowest BCUT2D eigenvalue weighted by Crippen LogP contribution is -2.30. The molecule has 1 amide bonds. The molecule has 0 spiro atoms. The molecular formula is C24H26ClNO4. The summed E-state index contributed by atoms with van der Waals surface area (Å²) in [4.78, 5) is 27.3. The number of unbranched alkanes of at least 4 members (excludes halogenated alkanes) is 2. The van der Waals surface area contributed by atoms with Crippen molar-refractivity contribution in [1.82, 2.24) is 4.90 Å². The van der Waals surface area contributed by atoms with Gasteiger partial charge in [0.25, 0.3) is 11.7 Å². The number of ether oxygens (including phenoxy) is 1. The van der Waals surface area contributed by atoms with Gasteiger partial charge < -0.3 is 14.7 Å². The number of likely N-dealkylation sites (tertiary alicyclic amines) is 1. The Morgan fingerprint density at radius 1 is 1.10 bits per heavy atom. The van der Waals surface area contributed by atoms with Crippen LogP contribution < -0.4 is 4.74 Å². The van der Waals surface area contributed by atoms with E-state index in [0.717, 1.165) is 24.8 Å². The molecule has 2 aromatic rings. The number of hydrogen-bond donors (Lipinski definition) is 1. The molecule has 0 aliphatic carbocycles. The quantitative estimate of drug-likeness (QED) is 0.267. The number of aliphatic hydroxyl groups is 1. The Morgan fingerprint density at radius 2 is 1.83 bits per heavy atom. The monoisotopic (exact) mass is 427 g/mol. The molecule has 1 atom stereocenters. The average Bonchev–Trinajstić information content (AvgIpc) is 2.99. The molecular weight excluding hydrogens is 402 g/mol. The van der Waals surface area contributed by atoms with Crippen LogP contribution in [0, 0.1) is 0 Å². The van der Waals surface area contributed by atoms with Crippen molar-refractivity contribution in [2.45, 2.75) is 39.2 Å². The molecule has 1 fully saturated rings. The molecule has 158 valence electrons. The van der Waals surface area contributed by atoms with Crippen LogP contribution in [0.1, 0.15) is 50.3 Å². The van der Waals surface area contributed by atoms with E-state index in [-0.39, 0.29) is 11.3 Å². The number of ketones is 1. The van der Waals surface area contributed by atoms with Crippen molar-refractivity contribution in [3.63, 3.8) is 0 Å². The molecule has 5 nitrogen and oxygen atoms in total. The maximum absolute atomic E-state index is 12.9. The zero-order valence-electron chi connectivity index (χ0n) is 17.2. The van der Waals surface area contributed by atoms with E-state index < -0.39 is 17.7 Å². The smallest absolute Gasteiger partial charge is 0.295 e. The number of aliphatic hydroxyl groups excluding tert-OH is 1. The molecule has 30 heavy (non-hydrogen) atoms. The summed E-state index contributed by atoms with van der Waals surface area (Å²) in [5.41, 5.74) is 1.24. The van der Waals surface area contributed by atoms with Crippen LogP contribution in [-0.4, -0.2) is 34.8 Å². The molecule has 1 unspecified atom stereocenters. The Labute approximate surface area is 181 Å². The number of carbonyl (C=O) groups excluding carboxylic acids is 2. The van der Waals surface area contributed by atoms with Gasteiger partial charge in [0, 0.05) is 17.1 Å². The third kappa shape index (κ3) is 4.51. The van der Waals surface area contributed by atoms with E-state index in [1.807, 2.05) is 31.2 Å². The maximum Gasteiger partial charge on any atom is 0.295 e. The minimum Gasteiger partial charge on any atom is -0.507 e. The first-order chi connectivity index (χ1) is 14.5. The lowest BCUT2D eigenvalue weighted by molar-refractivity contribution is -0.139. The summed E-state index contributed by atoms with van der Waals surface area (Å²) in [6.45, 7) is 4.98. The van der Waals surface area contributed by atoms with Gasteiger partial charge in [0.15, 0.2) is 0 Å². The largest absolute Gasteiger partial charge is 0.507 e. The van der Waals surface area contributed by atoms with Crippen molar-refractivity contribution in [3.8, 4) is 5.75 Å². The summed E-state index contributed by atoms with van der Waals surface area (Å²) in [6, 6.07) is 13.3. The number of carbonyl (C=O) groups is 2. The highest BCUT2D eigenvalue weighted by Crippen LogP contribution is 2.40. The van der Waals surface area contributed by atoms with Crippen LogP contribution in [0.25, 0.3) is 5.76 Å². The first-order valence-electron chi connectivity index (χ1n) is 10.2. The normalized spacial score (nSPS) is 18.1. The summed E-state index contributed by atoms with van der Waals surface area (Å²) < 4.78 is 5.51. The summed E-state index contributed by atoms with van der Waals surface area (Å²) >= 11 is 6.06. The second-order valence-electron chi connectivity index (χ2n) is 7.21. The SMILES string of the molecule is CCCCCN1C(=O)C(=O)/C(=C(\O)c2cccc(Cl)c2)C1c1ccc(OCC)cc1. The van der Waals surface area contributed by atoms with Crippen LogP contribution in [-0.2, 0) is 9.59 Å². The predicted molar refractivity (Wildman–Crippen MR) is 118 cm³/mol. The van der Waals surface area contributed by atoms with Crippen LogP contribution >= 0.6 is 11.6 Å². The summed E-state index contributed by atoms with van der Waals surface area (Å²) in [6.07, 6.45) is 2.74. The molecule has 1 saturated heterocycles. The van der Waals surface area contributed by atoms with Gasteiger partial charge in [-0.3, -0.25) is 9.59 Å². The van der Waals surface area contributed by atoms with Crippen LogP contribution in [0.2, 0.25) is 5.02 Å². The lowest BCUT2D eigenvalue weighted by atomic mass is 9.95. The topological polar surface area (TPSA) is 66.8 Å². The van der Waals surface area contributed by atoms with E-state index in [1.165, 1.54) is 0 Å². The molecule has 1 heterocycles. The first-order valence-corrected chi connectivity index (χ1v) is 10.6. The fourth-order valence-electron chi connectivity index (χ4n) is 3.69. The molecule has 0 bridgehead atoms. The molecule has 0 radical (unpaired) electrons. The highest BCUT2D eigenvalue weighted by Gasteiger charge is 2.45. The van der Waals surface area contributed by atoms with Crippen LogP contribution in [0.5, 0.6) is 5.75 Å².